The van der Waals surface area contributed by atoms with E-state index in [9.17, 15) is 10.1 Å². The van der Waals surface area contributed by atoms with Crippen LogP contribution in [0.1, 0.15) is 27.0 Å². The second-order valence-electron chi connectivity index (χ2n) is 5.14. The maximum atomic E-state index is 11.6. The Labute approximate surface area is 127 Å². The molecule has 1 aliphatic rings. The van der Waals surface area contributed by atoms with Gasteiger partial charge in [0.05, 0.1) is 24.7 Å². The molecule has 0 radical (unpaired) electrons. The molecule has 1 aliphatic heterocycles. The minimum Gasteiger partial charge on any atom is -0.366 e. The van der Waals surface area contributed by atoms with Gasteiger partial charge in [-0.25, -0.2) is 0 Å². The van der Waals surface area contributed by atoms with Crippen molar-refractivity contribution in [1.82, 2.24) is 4.90 Å². The molecule has 2 N–H and O–H groups in total. The van der Waals surface area contributed by atoms with E-state index in [1.54, 1.807) is 29.2 Å². The predicted octanol–water partition coefficient (Wildman–Crippen LogP) is 2.12. The van der Waals surface area contributed by atoms with Crippen molar-refractivity contribution in [2.45, 2.75) is 13.1 Å². The summed E-state index contributed by atoms with van der Waals surface area (Å²) in [6.07, 6.45) is 2.12. The number of rotatable bonds is 2. The van der Waals surface area contributed by atoms with Crippen molar-refractivity contribution < 1.29 is 4.79 Å². The monoisotopic (exact) mass is 288 g/mol. The van der Waals surface area contributed by atoms with Gasteiger partial charge >= 0.3 is 0 Å². The first-order valence-electron chi connectivity index (χ1n) is 6.74. The lowest BCUT2D eigenvalue weighted by Crippen LogP contribution is -2.12. The zero-order valence-corrected chi connectivity index (χ0v) is 11.7. The van der Waals surface area contributed by atoms with Gasteiger partial charge in [-0.1, -0.05) is 18.2 Å². The van der Waals surface area contributed by atoms with Gasteiger partial charge in [0.15, 0.2) is 6.19 Å². The van der Waals surface area contributed by atoms with Crippen LogP contribution in [-0.2, 0) is 13.1 Å². The van der Waals surface area contributed by atoms with Crippen LogP contribution in [0.15, 0.2) is 36.4 Å². The van der Waals surface area contributed by atoms with E-state index in [1.807, 2.05) is 12.1 Å². The van der Waals surface area contributed by atoms with Crippen molar-refractivity contribution in [2.75, 3.05) is 0 Å². The largest absolute Gasteiger partial charge is 0.366 e. The van der Waals surface area contributed by atoms with Crippen LogP contribution in [0, 0.1) is 22.8 Å². The second kappa shape index (κ2) is 5.23. The molecule has 0 unspecified atom stereocenters. The number of amides is 1. The van der Waals surface area contributed by atoms with Crippen molar-refractivity contribution in [3.8, 4) is 23.4 Å². The molecule has 0 fully saturated rings. The molecule has 106 valence electrons. The summed E-state index contributed by atoms with van der Waals surface area (Å²) in [7, 11) is 0. The van der Waals surface area contributed by atoms with Gasteiger partial charge in [0, 0.05) is 5.56 Å². The highest BCUT2D eigenvalue weighted by Gasteiger charge is 2.24. The average Bonchev–Trinajstić information content (AvgIpc) is 2.97. The second-order valence-corrected chi connectivity index (χ2v) is 5.14. The van der Waals surface area contributed by atoms with Crippen LogP contribution >= 0.6 is 0 Å². The highest BCUT2D eigenvalue weighted by molar-refractivity contribution is 5.95. The summed E-state index contributed by atoms with van der Waals surface area (Å²) in [4.78, 5) is 13.2. The Kier molecular flexibility index (Phi) is 3.25. The summed E-state index contributed by atoms with van der Waals surface area (Å²) in [6, 6.07) is 12.8. The Morgan fingerprint density at radius 3 is 2.59 bits per heavy atom. The Morgan fingerprint density at radius 2 is 1.91 bits per heavy atom. The summed E-state index contributed by atoms with van der Waals surface area (Å²) in [5, 5.41) is 18.4. The van der Waals surface area contributed by atoms with Gasteiger partial charge in [-0.05, 0) is 40.5 Å². The molecule has 0 saturated heterocycles. The maximum Gasteiger partial charge on any atom is 0.248 e. The topological polar surface area (TPSA) is 93.9 Å². The fraction of sp³-hybridized carbons (Fsp3) is 0.118. The number of nitrogens with two attached hydrogens (primary N) is 1. The lowest BCUT2D eigenvalue weighted by molar-refractivity contribution is 0.1000. The molecule has 1 amide bonds. The molecule has 2 aromatic rings. The van der Waals surface area contributed by atoms with Crippen LogP contribution in [0.25, 0.3) is 11.1 Å². The first-order valence-corrected chi connectivity index (χ1v) is 6.74. The summed E-state index contributed by atoms with van der Waals surface area (Å²) < 4.78 is 0. The molecule has 0 saturated carbocycles. The number of hydrogen-bond donors (Lipinski definition) is 1. The molecule has 22 heavy (non-hydrogen) atoms. The Morgan fingerprint density at radius 1 is 1.14 bits per heavy atom. The number of benzene rings is 2. The number of nitriles is 2. The Balaban J connectivity index is 2.26. The van der Waals surface area contributed by atoms with Gasteiger partial charge in [-0.15, -0.1) is 0 Å². The van der Waals surface area contributed by atoms with E-state index >= 15 is 0 Å². The molecular formula is C17H12N4O. The smallest absolute Gasteiger partial charge is 0.248 e. The predicted molar refractivity (Wildman–Crippen MR) is 80.0 cm³/mol. The molecule has 2 aromatic carbocycles. The van der Waals surface area contributed by atoms with Crippen LogP contribution in [0.5, 0.6) is 0 Å². The summed E-state index contributed by atoms with van der Waals surface area (Å²) >= 11 is 0. The standard InChI is InChI=1S/C17H12N4O/c18-7-11-3-1-2-4-14(11)15-6-12(17(20)22)5-13-8-21(10-19)9-16(13)15/h1-6H,8-9H2,(H2,20,22). The third kappa shape index (κ3) is 2.15. The zero-order valence-electron chi connectivity index (χ0n) is 11.7. The van der Waals surface area contributed by atoms with E-state index in [1.165, 1.54) is 0 Å². The van der Waals surface area contributed by atoms with E-state index in [-0.39, 0.29) is 0 Å². The van der Waals surface area contributed by atoms with Crippen molar-refractivity contribution in [2.24, 2.45) is 5.73 Å². The number of hydrogen-bond acceptors (Lipinski definition) is 4. The summed E-state index contributed by atoms with van der Waals surface area (Å²) in [5.74, 6) is -0.520. The maximum absolute atomic E-state index is 11.6. The SMILES string of the molecule is N#Cc1ccccc1-c1cc(C(N)=O)cc2c1CN(C#N)C2. The number of nitrogens with zero attached hydrogens (tertiary/aromatic N) is 3. The molecule has 0 aromatic heterocycles. The third-order valence-corrected chi connectivity index (χ3v) is 3.82. The quantitative estimate of drug-likeness (QED) is 0.856. The molecule has 5 heteroatoms. The van der Waals surface area contributed by atoms with E-state index in [4.69, 9.17) is 11.0 Å². The highest BCUT2D eigenvalue weighted by atomic mass is 16.1. The number of primary amides is 1. The molecule has 0 spiro atoms. The fourth-order valence-corrected chi connectivity index (χ4v) is 2.78. The van der Waals surface area contributed by atoms with E-state index in [0.29, 0.717) is 24.2 Å². The number of carbonyl (C=O) groups is 1. The Bertz CT molecular complexity index is 858. The minimum atomic E-state index is -0.520. The average molecular weight is 288 g/mol. The van der Waals surface area contributed by atoms with Crippen LogP contribution in [0.3, 0.4) is 0 Å². The van der Waals surface area contributed by atoms with Gasteiger partial charge in [-0.2, -0.15) is 10.5 Å². The normalized spacial score (nSPS) is 12.4. The van der Waals surface area contributed by atoms with Gasteiger partial charge in [0.25, 0.3) is 0 Å². The molecule has 0 aliphatic carbocycles. The number of carbonyl (C=O) groups excluding carboxylic acids is 1. The van der Waals surface area contributed by atoms with E-state index < -0.39 is 5.91 Å². The van der Waals surface area contributed by atoms with Crippen LogP contribution < -0.4 is 5.73 Å². The van der Waals surface area contributed by atoms with Crippen molar-refractivity contribution in [3.63, 3.8) is 0 Å². The molecule has 1 heterocycles. The molecule has 5 nitrogen and oxygen atoms in total. The fourth-order valence-electron chi connectivity index (χ4n) is 2.78. The van der Waals surface area contributed by atoms with Gasteiger partial charge in [0.2, 0.25) is 5.91 Å². The van der Waals surface area contributed by atoms with Gasteiger partial charge < -0.3 is 10.6 Å². The van der Waals surface area contributed by atoms with Crippen molar-refractivity contribution in [3.05, 3.63) is 58.7 Å². The molecular weight excluding hydrogens is 276 g/mol. The van der Waals surface area contributed by atoms with Gasteiger partial charge in [-0.3, -0.25) is 4.79 Å². The summed E-state index contributed by atoms with van der Waals surface area (Å²) in [5.41, 5.74) is 9.75. The minimum absolute atomic E-state index is 0.390. The summed E-state index contributed by atoms with van der Waals surface area (Å²) in [6.45, 7) is 0.925. The Hall–Kier alpha value is -3.31. The van der Waals surface area contributed by atoms with Crippen LogP contribution in [0.4, 0.5) is 0 Å². The lowest BCUT2D eigenvalue weighted by Gasteiger charge is -2.11. The first-order chi connectivity index (χ1) is 10.6. The van der Waals surface area contributed by atoms with Crippen molar-refractivity contribution in [1.29, 1.82) is 10.5 Å². The van der Waals surface area contributed by atoms with Gasteiger partial charge in [0.1, 0.15) is 0 Å². The van der Waals surface area contributed by atoms with Crippen LogP contribution in [0.2, 0.25) is 0 Å². The van der Waals surface area contributed by atoms with E-state index in [0.717, 1.165) is 22.3 Å². The number of fused-ring (bicyclic) bond motifs is 1. The zero-order chi connectivity index (χ0) is 15.7. The molecule has 0 atom stereocenters. The third-order valence-electron chi connectivity index (χ3n) is 3.82. The van der Waals surface area contributed by atoms with Crippen LogP contribution in [-0.4, -0.2) is 10.8 Å². The lowest BCUT2D eigenvalue weighted by atomic mass is 9.92. The molecule has 3 rings (SSSR count). The van der Waals surface area contributed by atoms with E-state index in [2.05, 4.69) is 12.3 Å². The highest BCUT2D eigenvalue weighted by Crippen LogP contribution is 2.35. The van der Waals surface area contributed by atoms with Crippen molar-refractivity contribution >= 4 is 5.91 Å². The molecule has 0 bridgehead atoms. The first kappa shape index (κ1) is 13.7.